The Morgan fingerprint density at radius 2 is 1.28 bits per heavy atom. The fraction of sp³-hybridized carbons (Fsp3) is 0.240. The van der Waals surface area contributed by atoms with Crippen molar-refractivity contribution in [3.8, 4) is 0 Å². The molecule has 3 aromatic rings. The van der Waals surface area contributed by atoms with Gasteiger partial charge in [-0.1, -0.05) is 78.9 Å². The third-order valence-corrected chi connectivity index (χ3v) is 5.37. The Bertz CT molecular complexity index is 852. The lowest BCUT2D eigenvalue weighted by molar-refractivity contribution is 0.0815. The van der Waals surface area contributed by atoms with Crippen molar-refractivity contribution in [1.29, 1.82) is 0 Å². The van der Waals surface area contributed by atoms with Crippen molar-refractivity contribution in [3.63, 3.8) is 0 Å². The maximum Gasteiger partial charge on any atom is 0.408 e. The SMILES string of the molecule is O=C(NC(c1ccccc1)c1ccccc1)OC1CCN(c2ccccc2)CC1. The van der Waals surface area contributed by atoms with Crippen LogP contribution >= 0.6 is 0 Å². The van der Waals surface area contributed by atoms with Crippen LogP contribution in [-0.2, 0) is 4.74 Å². The van der Waals surface area contributed by atoms with Crippen molar-refractivity contribution < 1.29 is 9.53 Å². The highest BCUT2D eigenvalue weighted by Gasteiger charge is 2.24. The van der Waals surface area contributed by atoms with E-state index in [-0.39, 0.29) is 18.2 Å². The molecule has 0 aliphatic carbocycles. The van der Waals surface area contributed by atoms with Crippen LogP contribution in [0, 0.1) is 0 Å². The molecule has 1 heterocycles. The molecule has 0 saturated carbocycles. The predicted molar refractivity (Wildman–Crippen MR) is 116 cm³/mol. The largest absolute Gasteiger partial charge is 0.446 e. The molecule has 0 bridgehead atoms. The molecule has 148 valence electrons. The first-order valence-corrected chi connectivity index (χ1v) is 10.2. The number of anilines is 1. The van der Waals surface area contributed by atoms with Crippen molar-refractivity contribution in [2.75, 3.05) is 18.0 Å². The molecule has 29 heavy (non-hydrogen) atoms. The summed E-state index contributed by atoms with van der Waals surface area (Å²) < 4.78 is 5.77. The molecule has 1 saturated heterocycles. The van der Waals surface area contributed by atoms with E-state index in [4.69, 9.17) is 4.74 Å². The Morgan fingerprint density at radius 3 is 1.79 bits per heavy atom. The van der Waals surface area contributed by atoms with Crippen LogP contribution in [0.25, 0.3) is 0 Å². The molecular weight excluding hydrogens is 360 g/mol. The lowest BCUT2D eigenvalue weighted by Gasteiger charge is -2.33. The number of piperidine rings is 1. The number of ether oxygens (including phenoxy) is 1. The Balaban J connectivity index is 1.37. The van der Waals surface area contributed by atoms with Crippen LogP contribution in [0.2, 0.25) is 0 Å². The second kappa shape index (κ2) is 9.28. The number of carbonyl (C=O) groups is 1. The topological polar surface area (TPSA) is 41.6 Å². The maximum absolute atomic E-state index is 12.7. The number of benzene rings is 3. The monoisotopic (exact) mass is 386 g/mol. The first kappa shape index (κ1) is 19.1. The van der Waals surface area contributed by atoms with Crippen LogP contribution in [-0.4, -0.2) is 25.3 Å². The number of nitrogens with one attached hydrogen (secondary N) is 1. The smallest absolute Gasteiger partial charge is 0.408 e. The number of amides is 1. The molecule has 1 aliphatic rings. The third-order valence-electron chi connectivity index (χ3n) is 5.37. The van der Waals surface area contributed by atoms with Crippen LogP contribution in [0.4, 0.5) is 10.5 Å². The van der Waals surface area contributed by atoms with Gasteiger partial charge >= 0.3 is 6.09 Å². The summed E-state index contributed by atoms with van der Waals surface area (Å²) in [6, 6.07) is 30.1. The number of hydrogen-bond acceptors (Lipinski definition) is 3. The molecule has 0 unspecified atom stereocenters. The van der Waals surface area contributed by atoms with Gasteiger partial charge in [-0.15, -0.1) is 0 Å². The standard InChI is InChI=1S/C25H26N2O2/c28-25(29-23-16-18-27(19-17-23)22-14-8-3-9-15-22)26-24(20-10-4-1-5-11-20)21-12-6-2-7-13-21/h1-15,23-24H,16-19H2,(H,26,28). The third kappa shape index (κ3) is 4.96. The van der Waals surface area contributed by atoms with Gasteiger partial charge in [0.05, 0.1) is 6.04 Å². The van der Waals surface area contributed by atoms with E-state index in [0.717, 1.165) is 37.1 Å². The summed E-state index contributed by atoms with van der Waals surface area (Å²) in [5.41, 5.74) is 3.30. The Morgan fingerprint density at radius 1 is 0.793 bits per heavy atom. The van der Waals surface area contributed by atoms with Gasteiger partial charge in [-0.05, 0) is 23.3 Å². The highest BCUT2D eigenvalue weighted by atomic mass is 16.6. The second-order valence-corrected chi connectivity index (χ2v) is 7.33. The summed E-state index contributed by atoms with van der Waals surface area (Å²) in [4.78, 5) is 15.0. The zero-order valence-corrected chi connectivity index (χ0v) is 16.4. The highest BCUT2D eigenvalue weighted by molar-refractivity contribution is 5.69. The average Bonchev–Trinajstić information content (AvgIpc) is 2.80. The van der Waals surface area contributed by atoms with Gasteiger partial charge in [-0.3, -0.25) is 0 Å². The van der Waals surface area contributed by atoms with Crippen LogP contribution in [0.3, 0.4) is 0 Å². The van der Waals surface area contributed by atoms with Crippen LogP contribution in [0.15, 0.2) is 91.0 Å². The number of hydrogen-bond donors (Lipinski definition) is 1. The molecule has 1 fully saturated rings. The van der Waals surface area contributed by atoms with Gasteiger partial charge in [0.25, 0.3) is 0 Å². The minimum Gasteiger partial charge on any atom is -0.446 e. The fourth-order valence-corrected chi connectivity index (χ4v) is 3.82. The van der Waals surface area contributed by atoms with Crippen LogP contribution in [0.5, 0.6) is 0 Å². The zero-order valence-electron chi connectivity index (χ0n) is 16.4. The molecule has 1 amide bonds. The van der Waals surface area contributed by atoms with Gasteiger partial charge in [0.15, 0.2) is 0 Å². The molecule has 4 rings (SSSR count). The highest BCUT2D eigenvalue weighted by Crippen LogP contribution is 2.24. The normalized spacial score (nSPS) is 14.6. The molecular formula is C25H26N2O2. The van der Waals surface area contributed by atoms with Gasteiger partial charge in [-0.25, -0.2) is 4.79 Å². The minimum atomic E-state index is -0.360. The average molecular weight is 386 g/mol. The summed E-state index contributed by atoms with van der Waals surface area (Å²) in [5.74, 6) is 0. The number of alkyl carbamates (subject to hydrolysis) is 1. The van der Waals surface area contributed by atoms with Crippen LogP contribution < -0.4 is 10.2 Å². The fourth-order valence-electron chi connectivity index (χ4n) is 3.82. The van der Waals surface area contributed by atoms with Gasteiger partial charge in [0.2, 0.25) is 0 Å². The summed E-state index contributed by atoms with van der Waals surface area (Å²) in [7, 11) is 0. The molecule has 0 radical (unpaired) electrons. The molecule has 0 atom stereocenters. The maximum atomic E-state index is 12.7. The van der Waals surface area contributed by atoms with Crippen LogP contribution in [0.1, 0.15) is 30.0 Å². The molecule has 0 spiro atoms. The lowest BCUT2D eigenvalue weighted by Crippen LogP contribution is -2.40. The van der Waals surface area contributed by atoms with E-state index < -0.39 is 0 Å². The molecule has 3 aromatic carbocycles. The first-order valence-electron chi connectivity index (χ1n) is 10.2. The summed E-state index contributed by atoms with van der Waals surface area (Å²) in [6.07, 6.45) is 1.26. The number of rotatable bonds is 5. The van der Waals surface area contributed by atoms with Crippen molar-refractivity contribution in [1.82, 2.24) is 5.32 Å². The van der Waals surface area contributed by atoms with E-state index in [0.29, 0.717) is 0 Å². The first-order chi connectivity index (χ1) is 14.3. The molecule has 1 aliphatic heterocycles. The quantitative estimate of drug-likeness (QED) is 0.658. The molecule has 1 N–H and O–H groups in total. The van der Waals surface area contributed by atoms with E-state index in [2.05, 4.69) is 34.5 Å². The zero-order chi connectivity index (χ0) is 19.9. The van der Waals surface area contributed by atoms with E-state index in [1.165, 1.54) is 5.69 Å². The second-order valence-electron chi connectivity index (χ2n) is 7.33. The number of carbonyl (C=O) groups excluding carboxylic acids is 1. The molecule has 0 aromatic heterocycles. The van der Waals surface area contributed by atoms with Gasteiger partial charge in [0.1, 0.15) is 6.10 Å². The van der Waals surface area contributed by atoms with Crippen molar-refractivity contribution in [3.05, 3.63) is 102 Å². The summed E-state index contributed by atoms with van der Waals surface area (Å²) in [5, 5.41) is 3.07. The molecule has 4 nitrogen and oxygen atoms in total. The van der Waals surface area contributed by atoms with Gasteiger partial charge < -0.3 is 15.0 Å². The number of nitrogens with zero attached hydrogens (tertiary/aromatic N) is 1. The Labute approximate surface area is 172 Å². The van der Waals surface area contributed by atoms with Crippen molar-refractivity contribution >= 4 is 11.8 Å². The van der Waals surface area contributed by atoms with E-state index in [9.17, 15) is 4.79 Å². The van der Waals surface area contributed by atoms with Crippen molar-refractivity contribution in [2.45, 2.75) is 25.0 Å². The summed E-state index contributed by atoms with van der Waals surface area (Å²) in [6.45, 7) is 1.78. The van der Waals surface area contributed by atoms with Gasteiger partial charge in [0, 0.05) is 31.6 Å². The van der Waals surface area contributed by atoms with E-state index >= 15 is 0 Å². The van der Waals surface area contributed by atoms with E-state index in [1.807, 2.05) is 66.7 Å². The van der Waals surface area contributed by atoms with Crippen molar-refractivity contribution in [2.24, 2.45) is 0 Å². The predicted octanol–water partition coefficient (Wildman–Crippen LogP) is 5.17. The summed E-state index contributed by atoms with van der Waals surface area (Å²) >= 11 is 0. The molecule has 4 heteroatoms. The Kier molecular flexibility index (Phi) is 6.10. The van der Waals surface area contributed by atoms with E-state index in [1.54, 1.807) is 0 Å². The lowest BCUT2D eigenvalue weighted by atomic mass is 9.99. The minimum absolute atomic E-state index is 0.0536. The number of para-hydroxylation sites is 1. The Hall–Kier alpha value is -3.27. The van der Waals surface area contributed by atoms with Gasteiger partial charge in [-0.2, -0.15) is 0 Å².